The van der Waals surface area contributed by atoms with Gasteiger partial charge in [-0.2, -0.15) is 0 Å². The minimum Gasteiger partial charge on any atom is -0.392 e. The molecule has 0 aliphatic carbocycles. The number of benzene rings is 1. The van der Waals surface area contributed by atoms with Crippen LogP contribution in [0, 0.1) is 5.82 Å². The van der Waals surface area contributed by atoms with E-state index in [1.54, 1.807) is 6.07 Å². The van der Waals surface area contributed by atoms with Crippen molar-refractivity contribution in [1.29, 1.82) is 0 Å². The van der Waals surface area contributed by atoms with Crippen LogP contribution in [-0.4, -0.2) is 44.6 Å². The first-order valence-electron chi connectivity index (χ1n) is 7.79. The van der Waals surface area contributed by atoms with Crippen LogP contribution in [0.4, 0.5) is 4.39 Å². The lowest BCUT2D eigenvalue weighted by molar-refractivity contribution is 0.0539. The Morgan fingerprint density at radius 2 is 2.30 bits per heavy atom. The van der Waals surface area contributed by atoms with E-state index < -0.39 is 23.6 Å². The van der Waals surface area contributed by atoms with E-state index in [2.05, 4.69) is 10.3 Å². The molecule has 0 saturated carbocycles. The minimum absolute atomic E-state index is 0.0149. The van der Waals surface area contributed by atoms with Gasteiger partial charge in [-0.1, -0.05) is 6.07 Å². The molecule has 3 N–H and O–H groups in total. The van der Waals surface area contributed by atoms with Gasteiger partial charge in [0.2, 0.25) is 0 Å². The molecule has 0 spiro atoms. The van der Waals surface area contributed by atoms with Gasteiger partial charge in [-0.25, -0.2) is 9.37 Å². The van der Waals surface area contributed by atoms with Crippen molar-refractivity contribution in [3.8, 4) is 0 Å². The zero-order valence-corrected chi connectivity index (χ0v) is 12.7. The average molecular weight is 321 g/mol. The van der Waals surface area contributed by atoms with E-state index in [9.17, 15) is 19.4 Å². The quantitative estimate of drug-likeness (QED) is 0.759. The van der Waals surface area contributed by atoms with Gasteiger partial charge in [0.25, 0.3) is 5.56 Å². The maximum atomic E-state index is 13.8. The second-order valence-corrected chi connectivity index (χ2v) is 6.00. The molecule has 0 amide bonds. The molecule has 1 fully saturated rings. The van der Waals surface area contributed by atoms with Crippen molar-refractivity contribution in [1.82, 2.24) is 14.9 Å². The lowest BCUT2D eigenvalue weighted by Crippen LogP contribution is -2.47. The van der Waals surface area contributed by atoms with Crippen LogP contribution in [0.1, 0.15) is 19.3 Å². The van der Waals surface area contributed by atoms with Gasteiger partial charge in [-0.3, -0.25) is 9.36 Å². The summed E-state index contributed by atoms with van der Waals surface area (Å²) in [5, 5.41) is 23.2. The van der Waals surface area contributed by atoms with Crippen molar-refractivity contribution >= 4 is 10.9 Å². The molecule has 1 aliphatic heterocycles. The van der Waals surface area contributed by atoms with Gasteiger partial charge in [0.1, 0.15) is 11.2 Å². The number of aliphatic hydroxyl groups is 2. The van der Waals surface area contributed by atoms with E-state index in [0.29, 0.717) is 18.4 Å². The number of hydrogen-bond donors (Lipinski definition) is 3. The number of fused-ring (bicyclic) bond motifs is 1. The summed E-state index contributed by atoms with van der Waals surface area (Å²) in [6.45, 7) is 0.818. The van der Waals surface area contributed by atoms with Crippen LogP contribution < -0.4 is 10.9 Å². The third kappa shape index (κ3) is 3.41. The summed E-state index contributed by atoms with van der Waals surface area (Å²) in [5.74, 6) is -0.617. The molecule has 6 nitrogen and oxygen atoms in total. The van der Waals surface area contributed by atoms with Gasteiger partial charge >= 0.3 is 0 Å². The zero-order chi connectivity index (χ0) is 16.4. The van der Waals surface area contributed by atoms with Crippen LogP contribution in [0.25, 0.3) is 10.9 Å². The Kier molecular flexibility index (Phi) is 4.70. The fourth-order valence-electron chi connectivity index (χ4n) is 3.06. The van der Waals surface area contributed by atoms with Crippen LogP contribution in [0.5, 0.6) is 0 Å². The molecule has 2 aromatic rings. The Morgan fingerprint density at radius 3 is 3.09 bits per heavy atom. The third-order valence-electron chi connectivity index (χ3n) is 4.28. The average Bonchev–Trinajstić information content (AvgIpc) is 2.52. The van der Waals surface area contributed by atoms with Crippen molar-refractivity contribution < 1.29 is 14.6 Å². The molecule has 0 unspecified atom stereocenters. The largest absolute Gasteiger partial charge is 0.392 e. The zero-order valence-electron chi connectivity index (χ0n) is 12.7. The number of hydrogen-bond acceptors (Lipinski definition) is 5. The molecule has 23 heavy (non-hydrogen) atoms. The van der Waals surface area contributed by atoms with E-state index in [4.69, 9.17) is 0 Å². The molecule has 124 valence electrons. The van der Waals surface area contributed by atoms with Crippen LogP contribution in [0.3, 0.4) is 0 Å². The molecule has 1 aromatic heterocycles. The number of aliphatic hydroxyl groups excluding tert-OH is 2. The van der Waals surface area contributed by atoms with Crippen molar-refractivity contribution in [3.63, 3.8) is 0 Å². The first kappa shape index (κ1) is 16.0. The van der Waals surface area contributed by atoms with Crippen molar-refractivity contribution in [2.75, 3.05) is 6.54 Å². The van der Waals surface area contributed by atoms with Crippen LogP contribution in [0.15, 0.2) is 29.3 Å². The SMILES string of the molecule is O=c1c2c(F)cccc2ncn1C[C@@H](O)C[C@H]1NCCC[C@@H]1O. The van der Waals surface area contributed by atoms with Gasteiger partial charge in [0.05, 0.1) is 30.6 Å². The second kappa shape index (κ2) is 6.74. The maximum Gasteiger partial charge on any atom is 0.264 e. The number of halogens is 1. The first-order chi connectivity index (χ1) is 11.1. The Bertz CT molecular complexity index is 749. The lowest BCUT2D eigenvalue weighted by Gasteiger charge is -2.30. The summed E-state index contributed by atoms with van der Waals surface area (Å²) in [5.41, 5.74) is -0.214. The number of aromatic nitrogens is 2. The highest BCUT2D eigenvalue weighted by molar-refractivity contribution is 5.77. The summed E-state index contributed by atoms with van der Waals surface area (Å²) in [6, 6.07) is 4.09. The summed E-state index contributed by atoms with van der Waals surface area (Å²) >= 11 is 0. The third-order valence-corrected chi connectivity index (χ3v) is 4.28. The highest BCUT2D eigenvalue weighted by atomic mass is 19.1. The van der Waals surface area contributed by atoms with E-state index >= 15 is 0 Å². The molecular formula is C16H20FN3O3. The van der Waals surface area contributed by atoms with Crippen molar-refractivity contribution in [2.24, 2.45) is 0 Å². The predicted molar refractivity (Wildman–Crippen MR) is 83.6 cm³/mol. The van der Waals surface area contributed by atoms with E-state index in [-0.39, 0.29) is 18.0 Å². The Hall–Kier alpha value is -1.83. The van der Waals surface area contributed by atoms with Gasteiger partial charge in [0, 0.05) is 6.04 Å². The Labute approximate surface area is 132 Å². The highest BCUT2D eigenvalue weighted by Gasteiger charge is 2.25. The molecular weight excluding hydrogens is 301 g/mol. The number of rotatable bonds is 4. The first-order valence-corrected chi connectivity index (χ1v) is 7.79. The number of nitrogens with zero attached hydrogens (tertiary/aromatic N) is 2. The number of piperidine rings is 1. The van der Waals surface area contributed by atoms with Gasteiger partial charge in [0.15, 0.2) is 0 Å². The smallest absolute Gasteiger partial charge is 0.264 e. The van der Waals surface area contributed by atoms with Gasteiger partial charge < -0.3 is 15.5 Å². The summed E-state index contributed by atoms with van der Waals surface area (Å²) in [4.78, 5) is 16.4. The highest BCUT2D eigenvalue weighted by Crippen LogP contribution is 2.14. The molecule has 1 saturated heterocycles. The fourth-order valence-corrected chi connectivity index (χ4v) is 3.06. The molecule has 2 heterocycles. The molecule has 1 aromatic carbocycles. The summed E-state index contributed by atoms with van der Waals surface area (Å²) in [6.07, 6.45) is 1.92. The molecule has 3 atom stereocenters. The normalized spacial score (nSPS) is 23.1. The molecule has 0 bridgehead atoms. The van der Waals surface area contributed by atoms with Crippen molar-refractivity contribution in [2.45, 2.75) is 44.1 Å². The van der Waals surface area contributed by atoms with E-state index in [1.165, 1.54) is 23.0 Å². The van der Waals surface area contributed by atoms with Gasteiger partial charge in [-0.15, -0.1) is 0 Å². The summed E-state index contributed by atoms with van der Waals surface area (Å²) in [7, 11) is 0. The lowest BCUT2D eigenvalue weighted by atomic mass is 9.96. The van der Waals surface area contributed by atoms with E-state index in [0.717, 1.165) is 13.0 Å². The van der Waals surface area contributed by atoms with E-state index in [1.807, 2.05) is 0 Å². The molecule has 0 radical (unpaired) electrons. The second-order valence-electron chi connectivity index (χ2n) is 6.00. The number of nitrogens with one attached hydrogen (secondary N) is 1. The Balaban J connectivity index is 1.77. The van der Waals surface area contributed by atoms with Crippen LogP contribution in [-0.2, 0) is 6.54 Å². The standard InChI is InChI=1S/C16H20FN3O3/c17-11-3-1-4-12-15(11)16(23)20(9-19-12)8-10(21)7-13-14(22)5-2-6-18-13/h1,3-4,9-10,13-14,18,21-22H,2,5-8H2/t10-,13+,14-/m0/s1. The fraction of sp³-hybridized carbons (Fsp3) is 0.500. The molecule has 3 rings (SSSR count). The molecule has 1 aliphatic rings. The molecule has 7 heteroatoms. The summed E-state index contributed by atoms with van der Waals surface area (Å²) < 4.78 is 15.0. The van der Waals surface area contributed by atoms with Crippen molar-refractivity contribution in [3.05, 3.63) is 40.7 Å². The minimum atomic E-state index is -0.830. The monoisotopic (exact) mass is 321 g/mol. The topological polar surface area (TPSA) is 87.4 Å². The Morgan fingerprint density at radius 1 is 1.48 bits per heavy atom. The maximum absolute atomic E-state index is 13.8. The van der Waals surface area contributed by atoms with Gasteiger partial charge in [-0.05, 0) is 37.9 Å². The van der Waals surface area contributed by atoms with Crippen LogP contribution in [0.2, 0.25) is 0 Å². The van der Waals surface area contributed by atoms with Crippen LogP contribution >= 0.6 is 0 Å². The predicted octanol–water partition coefficient (Wildman–Crippen LogP) is 0.400.